The Hall–Kier alpha value is -1.55. The molecule has 0 spiro atoms. The van der Waals surface area contributed by atoms with E-state index in [0.29, 0.717) is 0 Å². The number of nitrogens with zero attached hydrogens (tertiary/aromatic N) is 1. The zero-order valence-electron chi connectivity index (χ0n) is 11.6. The quantitative estimate of drug-likeness (QED) is 0.780. The average Bonchev–Trinajstić information content (AvgIpc) is 2.30. The molecular formula is C14H23N3O. The van der Waals surface area contributed by atoms with Gasteiger partial charge < -0.3 is 11.1 Å². The normalized spacial score (nSPS) is 12.8. The molecule has 0 aliphatic rings. The van der Waals surface area contributed by atoms with E-state index in [9.17, 15) is 4.79 Å². The first kappa shape index (κ1) is 14.5. The highest BCUT2D eigenvalue weighted by Gasteiger charge is 2.18. The number of anilines is 1. The Labute approximate surface area is 109 Å². The maximum atomic E-state index is 11.9. The standard InChI is InChI=1S/C14H23N3O/c1-10(2)16-14(18)11(3)17(4)9-12-5-7-13(15)8-6-12/h5-8,10-11H,9,15H2,1-4H3,(H,16,18). The van der Waals surface area contributed by atoms with E-state index in [1.807, 2.05) is 57.0 Å². The molecule has 100 valence electrons. The zero-order chi connectivity index (χ0) is 13.7. The van der Waals surface area contributed by atoms with E-state index in [1.54, 1.807) is 0 Å². The van der Waals surface area contributed by atoms with Crippen LogP contribution in [0.4, 0.5) is 5.69 Å². The van der Waals surface area contributed by atoms with Crippen molar-refractivity contribution in [3.63, 3.8) is 0 Å². The monoisotopic (exact) mass is 249 g/mol. The van der Waals surface area contributed by atoms with Gasteiger partial charge in [0.2, 0.25) is 5.91 Å². The third-order valence-electron chi connectivity index (χ3n) is 2.88. The fourth-order valence-corrected chi connectivity index (χ4v) is 1.65. The van der Waals surface area contributed by atoms with E-state index in [-0.39, 0.29) is 18.0 Å². The molecule has 1 aromatic carbocycles. The highest BCUT2D eigenvalue weighted by molar-refractivity contribution is 5.81. The topological polar surface area (TPSA) is 58.4 Å². The van der Waals surface area contributed by atoms with Crippen LogP contribution in [-0.4, -0.2) is 29.9 Å². The van der Waals surface area contributed by atoms with E-state index in [4.69, 9.17) is 5.73 Å². The third-order valence-corrected chi connectivity index (χ3v) is 2.88. The van der Waals surface area contributed by atoms with Crippen molar-refractivity contribution in [3.05, 3.63) is 29.8 Å². The number of nitrogen functional groups attached to an aromatic ring is 1. The zero-order valence-corrected chi connectivity index (χ0v) is 11.6. The van der Waals surface area contributed by atoms with Crippen LogP contribution >= 0.6 is 0 Å². The summed E-state index contributed by atoms with van der Waals surface area (Å²) >= 11 is 0. The molecular weight excluding hydrogens is 226 g/mol. The van der Waals surface area contributed by atoms with Gasteiger partial charge in [0.1, 0.15) is 0 Å². The fourth-order valence-electron chi connectivity index (χ4n) is 1.65. The van der Waals surface area contributed by atoms with Crippen LogP contribution in [-0.2, 0) is 11.3 Å². The Bertz CT molecular complexity index is 387. The highest BCUT2D eigenvalue weighted by Crippen LogP contribution is 2.09. The number of rotatable bonds is 5. The lowest BCUT2D eigenvalue weighted by Gasteiger charge is -2.24. The first-order valence-corrected chi connectivity index (χ1v) is 6.25. The molecule has 1 unspecified atom stereocenters. The summed E-state index contributed by atoms with van der Waals surface area (Å²) in [6.45, 7) is 6.57. The number of hydrogen-bond donors (Lipinski definition) is 2. The van der Waals surface area contributed by atoms with Crippen molar-refractivity contribution in [2.75, 3.05) is 12.8 Å². The molecule has 18 heavy (non-hydrogen) atoms. The Morgan fingerprint density at radius 3 is 2.33 bits per heavy atom. The predicted octanol–water partition coefficient (Wildman–Crippen LogP) is 1.61. The van der Waals surface area contributed by atoms with Gasteiger partial charge in [-0.05, 0) is 45.5 Å². The molecule has 0 heterocycles. The Kier molecular flexibility index (Phi) is 5.16. The number of nitrogens with two attached hydrogens (primary N) is 1. The molecule has 1 atom stereocenters. The van der Waals surface area contributed by atoms with Crippen LogP contribution in [0.2, 0.25) is 0 Å². The van der Waals surface area contributed by atoms with Crippen LogP contribution in [0.1, 0.15) is 26.3 Å². The van der Waals surface area contributed by atoms with Crippen LogP contribution in [0.15, 0.2) is 24.3 Å². The van der Waals surface area contributed by atoms with E-state index in [2.05, 4.69) is 5.32 Å². The molecule has 0 saturated heterocycles. The molecule has 0 fully saturated rings. The molecule has 0 aliphatic carbocycles. The summed E-state index contributed by atoms with van der Waals surface area (Å²) in [5.74, 6) is 0.0583. The van der Waals surface area contributed by atoms with Crippen LogP contribution in [0, 0.1) is 0 Å². The van der Waals surface area contributed by atoms with Gasteiger partial charge in [0, 0.05) is 18.3 Å². The molecule has 3 N–H and O–H groups in total. The maximum Gasteiger partial charge on any atom is 0.237 e. The first-order chi connectivity index (χ1) is 8.40. The average molecular weight is 249 g/mol. The number of hydrogen-bond acceptors (Lipinski definition) is 3. The van der Waals surface area contributed by atoms with Gasteiger partial charge in [0.25, 0.3) is 0 Å². The second kappa shape index (κ2) is 6.40. The summed E-state index contributed by atoms with van der Waals surface area (Å²) in [5, 5.41) is 2.92. The number of benzene rings is 1. The number of carbonyl (C=O) groups excluding carboxylic acids is 1. The van der Waals surface area contributed by atoms with Crippen molar-refractivity contribution in [3.8, 4) is 0 Å². The van der Waals surface area contributed by atoms with Crippen LogP contribution in [0.25, 0.3) is 0 Å². The van der Waals surface area contributed by atoms with Gasteiger partial charge in [-0.2, -0.15) is 0 Å². The van der Waals surface area contributed by atoms with E-state index < -0.39 is 0 Å². The second-order valence-electron chi connectivity index (χ2n) is 5.00. The Balaban J connectivity index is 2.56. The summed E-state index contributed by atoms with van der Waals surface area (Å²) in [6.07, 6.45) is 0. The Morgan fingerprint density at radius 1 is 1.28 bits per heavy atom. The van der Waals surface area contributed by atoms with Gasteiger partial charge in [-0.15, -0.1) is 0 Å². The minimum absolute atomic E-state index is 0.0583. The lowest BCUT2D eigenvalue weighted by Crippen LogP contribution is -2.45. The van der Waals surface area contributed by atoms with Crippen molar-refractivity contribution < 1.29 is 4.79 Å². The summed E-state index contributed by atoms with van der Waals surface area (Å²) in [7, 11) is 1.95. The number of likely N-dealkylation sites (N-methyl/N-ethyl adjacent to an activating group) is 1. The van der Waals surface area contributed by atoms with Crippen molar-refractivity contribution in [1.82, 2.24) is 10.2 Å². The van der Waals surface area contributed by atoms with Crippen LogP contribution in [0.3, 0.4) is 0 Å². The van der Waals surface area contributed by atoms with Gasteiger partial charge in [0.15, 0.2) is 0 Å². The second-order valence-corrected chi connectivity index (χ2v) is 5.00. The van der Waals surface area contributed by atoms with Crippen molar-refractivity contribution in [2.45, 2.75) is 39.4 Å². The largest absolute Gasteiger partial charge is 0.399 e. The van der Waals surface area contributed by atoms with E-state index in [0.717, 1.165) is 17.8 Å². The van der Waals surface area contributed by atoms with Gasteiger partial charge in [0.05, 0.1) is 6.04 Å². The summed E-state index contributed by atoms with van der Waals surface area (Å²) in [6, 6.07) is 7.75. The minimum Gasteiger partial charge on any atom is -0.399 e. The molecule has 1 rings (SSSR count). The predicted molar refractivity (Wildman–Crippen MR) is 75.1 cm³/mol. The van der Waals surface area contributed by atoms with Crippen molar-refractivity contribution >= 4 is 11.6 Å². The summed E-state index contributed by atoms with van der Waals surface area (Å²) in [5.41, 5.74) is 7.55. The number of nitrogens with one attached hydrogen (secondary N) is 1. The summed E-state index contributed by atoms with van der Waals surface area (Å²) < 4.78 is 0. The maximum absolute atomic E-state index is 11.9. The van der Waals surface area contributed by atoms with Gasteiger partial charge in [-0.1, -0.05) is 12.1 Å². The molecule has 1 aromatic rings. The van der Waals surface area contributed by atoms with Crippen LogP contribution in [0.5, 0.6) is 0 Å². The molecule has 0 aromatic heterocycles. The highest BCUT2D eigenvalue weighted by atomic mass is 16.2. The van der Waals surface area contributed by atoms with Gasteiger partial charge in [-0.3, -0.25) is 9.69 Å². The molecule has 4 heteroatoms. The third kappa shape index (κ3) is 4.37. The van der Waals surface area contributed by atoms with Crippen molar-refractivity contribution in [2.24, 2.45) is 0 Å². The minimum atomic E-state index is -0.148. The van der Waals surface area contributed by atoms with Gasteiger partial charge in [-0.25, -0.2) is 0 Å². The summed E-state index contributed by atoms with van der Waals surface area (Å²) in [4.78, 5) is 13.9. The fraction of sp³-hybridized carbons (Fsp3) is 0.500. The first-order valence-electron chi connectivity index (χ1n) is 6.25. The van der Waals surface area contributed by atoms with E-state index >= 15 is 0 Å². The lowest BCUT2D eigenvalue weighted by atomic mass is 10.1. The SMILES string of the molecule is CC(C)NC(=O)C(C)N(C)Cc1ccc(N)cc1. The number of amides is 1. The lowest BCUT2D eigenvalue weighted by molar-refractivity contribution is -0.126. The molecule has 0 radical (unpaired) electrons. The molecule has 1 amide bonds. The molecule has 4 nitrogen and oxygen atoms in total. The number of carbonyl (C=O) groups is 1. The smallest absolute Gasteiger partial charge is 0.237 e. The molecule has 0 bridgehead atoms. The van der Waals surface area contributed by atoms with E-state index in [1.165, 1.54) is 0 Å². The van der Waals surface area contributed by atoms with Crippen LogP contribution < -0.4 is 11.1 Å². The molecule has 0 aliphatic heterocycles. The Morgan fingerprint density at radius 2 is 1.83 bits per heavy atom. The molecule has 0 saturated carbocycles. The van der Waals surface area contributed by atoms with Gasteiger partial charge >= 0.3 is 0 Å². The van der Waals surface area contributed by atoms with Crippen molar-refractivity contribution in [1.29, 1.82) is 0 Å².